The number of methoxy groups -OCH3 is 1. The summed E-state index contributed by atoms with van der Waals surface area (Å²) in [6.45, 7) is 4.12. The number of nitrogens with zero attached hydrogens (tertiary/aromatic N) is 3. The molecule has 25 heavy (non-hydrogen) atoms. The van der Waals surface area contributed by atoms with Gasteiger partial charge in [0.25, 0.3) is 0 Å². The Hall–Kier alpha value is -1.87. The molecule has 0 radical (unpaired) electrons. The van der Waals surface area contributed by atoms with E-state index in [1.807, 2.05) is 0 Å². The normalized spacial score (nSPS) is 19.5. The second kappa shape index (κ2) is 10.2. The molecule has 0 atom stereocenters. The zero-order valence-corrected chi connectivity index (χ0v) is 15.1. The molecule has 2 N–H and O–H groups in total. The number of aliphatic imine (C=N–C) groups is 1. The molecule has 9 nitrogen and oxygen atoms in total. The number of hydrogen-bond donors (Lipinski definition) is 2. The van der Waals surface area contributed by atoms with Crippen molar-refractivity contribution in [2.45, 2.75) is 25.4 Å². The first-order valence-electron chi connectivity index (χ1n) is 8.80. The predicted molar refractivity (Wildman–Crippen MR) is 93.5 cm³/mol. The van der Waals surface area contributed by atoms with Gasteiger partial charge in [0.1, 0.15) is 0 Å². The molecule has 9 heteroatoms. The van der Waals surface area contributed by atoms with Crippen molar-refractivity contribution >= 4 is 17.9 Å². The highest BCUT2D eigenvalue weighted by atomic mass is 16.5. The summed E-state index contributed by atoms with van der Waals surface area (Å²) in [5.41, 5.74) is 0. The zero-order valence-electron chi connectivity index (χ0n) is 15.1. The van der Waals surface area contributed by atoms with Gasteiger partial charge in [-0.1, -0.05) is 0 Å². The van der Waals surface area contributed by atoms with Crippen LogP contribution >= 0.6 is 0 Å². The van der Waals surface area contributed by atoms with E-state index in [0.29, 0.717) is 13.1 Å². The highest BCUT2D eigenvalue weighted by Crippen LogP contribution is 2.14. The summed E-state index contributed by atoms with van der Waals surface area (Å²) in [5.74, 6) is 0.609. The van der Waals surface area contributed by atoms with Crippen molar-refractivity contribution in [2.24, 2.45) is 4.99 Å². The van der Waals surface area contributed by atoms with Crippen LogP contribution in [0.2, 0.25) is 0 Å². The number of guanidine groups is 1. The van der Waals surface area contributed by atoms with Crippen LogP contribution in [0.3, 0.4) is 0 Å². The van der Waals surface area contributed by atoms with E-state index in [-0.39, 0.29) is 24.6 Å². The maximum absolute atomic E-state index is 11.5. The van der Waals surface area contributed by atoms with E-state index in [1.165, 1.54) is 4.90 Å². The van der Waals surface area contributed by atoms with Crippen molar-refractivity contribution < 1.29 is 19.1 Å². The Labute approximate surface area is 148 Å². The molecule has 0 spiro atoms. The number of carbonyl (C=O) groups excluding carboxylic acids is 2. The van der Waals surface area contributed by atoms with Crippen LogP contribution < -0.4 is 10.6 Å². The fourth-order valence-electron chi connectivity index (χ4n) is 2.98. The smallest absolute Gasteiger partial charge is 0.324 e. The number of urea groups is 1. The molecule has 2 aliphatic rings. The fourth-order valence-corrected chi connectivity index (χ4v) is 2.98. The van der Waals surface area contributed by atoms with Gasteiger partial charge in [-0.3, -0.25) is 14.7 Å². The van der Waals surface area contributed by atoms with Crippen molar-refractivity contribution in [2.75, 3.05) is 60.1 Å². The Balaban J connectivity index is 1.66. The van der Waals surface area contributed by atoms with Crippen molar-refractivity contribution in [1.82, 2.24) is 20.4 Å². The molecule has 0 aromatic rings. The van der Waals surface area contributed by atoms with Crippen LogP contribution in [0.15, 0.2) is 4.99 Å². The number of imide groups is 1. The van der Waals surface area contributed by atoms with Crippen LogP contribution in [-0.2, 0) is 14.3 Å². The molecular weight excluding hydrogens is 326 g/mol. The van der Waals surface area contributed by atoms with Crippen LogP contribution in [0, 0.1) is 0 Å². The number of hydrogen-bond acceptors (Lipinski definition) is 5. The molecule has 0 bridgehead atoms. The topological polar surface area (TPSA) is 95.5 Å². The van der Waals surface area contributed by atoms with Crippen LogP contribution in [0.5, 0.6) is 0 Å². The molecule has 0 saturated carbocycles. The summed E-state index contributed by atoms with van der Waals surface area (Å²) in [6, 6.07) is -0.326. The van der Waals surface area contributed by atoms with Gasteiger partial charge in [-0.2, -0.15) is 0 Å². The summed E-state index contributed by atoms with van der Waals surface area (Å²) in [7, 11) is 3.44. The van der Waals surface area contributed by atoms with E-state index in [4.69, 9.17) is 9.47 Å². The average molecular weight is 355 g/mol. The molecule has 0 aliphatic carbocycles. The lowest BCUT2D eigenvalue weighted by Gasteiger charge is -2.34. The first kappa shape index (κ1) is 19.5. The van der Waals surface area contributed by atoms with Gasteiger partial charge >= 0.3 is 6.03 Å². The molecule has 0 aromatic heterocycles. The zero-order chi connectivity index (χ0) is 18.1. The molecule has 2 fully saturated rings. The van der Waals surface area contributed by atoms with E-state index in [1.54, 1.807) is 14.2 Å². The molecule has 3 amide bonds. The first-order chi connectivity index (χ1) is 12.2. The Bertz CT molecular complexity index is 461. The minimum absolute atomic E-state index is 0.0887. The number of amides is 3. The molecule has 2 rings (SSSR count). The van der Waals surface area contributed by atoms with Gasteiger partial charge in [-0.05, 0) is 19.3 Å². The quantitative estimate of drug-likeness (QED) is 0.267. The lowest BCUT2D eigenvalue weighted by molar-refractivity contribution is -0.124. The Morgan fingerprint density at radius 1 is 1.32 bits per heavy atom. The number of carbonyl (C=O) groups is 2. The Morgan fingerprint density at radius 2 is 2.08 bits per heavy atom. The number of piperidine rings is 1. The third kappa shape index (κ3) is 5.86. The maximum atomic E-state index is 11.5. The van der Waals surface area contributed by atoms with Gasteiger partial charge in [-0.15, -0.1) is 0 Å². The van der Waals surface area contributed by atoms with Gasteiger partial charge in [0, 0.05) is 53.6 Å². The Morgan fingerprint density at radius 3 is 2.68 bits per heavy atom. The first-order valence-corrected chi connectivity index (χ1v) is 8.80. The van der Waals surface area contributed by atoms with Gasteiger partial charge in [0.15, 0.2) is 5.96 Å². The van der Waals surface area contributed by atoms with Crippen LogP contribution in [0.4, 0.5) is 4.79 Å². The summed E-state index contributed by atoms with van der Waals surface area (Å²) in [4.78, 5) is 30.7. The molecule has 2 saturated heterocycles. The lowest BCUT2D eigenvalue weighted by atomic mass is 10.1. The van der Waals surface area contributed by atoms with Crippen molar-refractivity contribution in [3.8, 4) is 0 Å². The highest BCUT2D eigenvalue weighted by Gasteiger charge is 2.28. The van der Waals surface area contributed by atoms with E-state index in [9.17, 15) is 9.59 Å². The highest BCUT2D eigenvalue weighted by molar-refractivity contribution is 6.01. The molecule has 0 unspecified atom stereocenters. The summed E-state index contributed by atoms with van der Waals surface area (Å²) >= 11 is 0. The van der Waals surface area contributed by atoms with Crippen LogP contribution in [-0.4, -0.2) is 93.9 Å². The van der Waals surface area contributed by atoms with Crippen LogP contribution in [0.25, 0.3) is 0 Å². The number of ether oxygens (including phenoxy) is 2. The maximum Gasteiger partial charge on any atom is 0.324 e. The molecule has 2 aliphatic heterocycles. The minimum atomic E-state index is -0.326. The molecule has 0 aromatic carbocycles. The average Bonchev–Trinajstić information content (AvgIpc) is 2.95. The third-order valence-corrected chi connectivity index (χ3v) is 4.36. The SMILES string of the molecule is CN=C(NCCN1C(=O)CNC1=O)N1CCC(OCCCOC)CC1. The largest absolute Gasteiger partial charge is 0.385 e. The summed E-state index contributed by atoms with van der Waals surface area (Å²) in [6.07, 6.45) is 3.13. The van der Waals surface area contributed by atoms with E-state index < -0.39 is 0 Å². The summed E-state index contributed by atoms with van der Waals surface area (Å²) in [5, 5.41) is 5.74. The van der Waals surface area contributed by atoms with E-state index >= 15 is 0 Å². The van der Waals surface area contributed by atoms with Crippen molar-refractivity contribution in [3.63, 3.8) is 0 Å². The molecular formula is C16H29N5O4. The van der Waals surface area contributed by atoms with Crippen molar-refractivity contribution in [3.05, 3.63) is 0 Å². The van der Waals surface area contributed by atoms with Gasteiger partial charge in [-0.25, -0.2) is 4.79 Å². The lowest BCUT2D eigenvalue weighted by Crippen LogP contribution is -2.49. The van der Waals surface area contributed by atoms with Crippen molar-refractivity contribution in [1.29, 1.82) is 0 Å². The van der Waals surface area contributed by atoms with E-state index in [2.05, 4.69) is 20.5 Å². The van der Waals surface area contributed by atoms with E-state index in [0.717, 1.165) is 51.5 Å². The predicted octanol–water partition coefficient (Wildman–Crippen LogP) is -0.369. The monoisotopic (exact) mass is 355 g/mol. The van der Waals surface area contributed by atoms with Gasteiger partial charge in [0.2, 0.25) is 5.91 Å². The Kier molecular flexibility index (Phi) is 7.93. The molecule has 142 valence electrons. The fraction of sp³-hybridized carbons (Fsp3) is 0.812. The number of rotatable bonds is 8. The van der Waals surface area contributed by atoms with Gasteiger partial charge < -0.3 is 25.0 Å². The number of likely N-dealkylation sites (tertiary alicyclic amines) is 1. The standard InChI is InChI=1S/C16H29N5O4/c1-17-15(18-6-9-21-14(22)12-19-16(21)23)20-7-4-13(5-8-20)25-11-3-10-24-2/h13H,3-12H2,1-2H3,(H,17,18)(H,19,23). The third-order valence-electron chi connectivity index (χ3n) is 4.36. The van der Waals surface area contributed by atoms with Gasteiger partial charge in [0.05, 0.1) is 12.6 Å². The summed E-state index contributed by atoms with van der Waals surface area (Å²) < 4.78 is 10.9. The second-order valence-electron chi connectivity index (χ2n) is 6.08. The number of nitrogens with one attached hydrogen (secondary N) is 2. The molecule has 2 heterocycles. The minimum Gasteiger partial charge on any atom is -0.385 e. The second-order valence-corrected chi connectivity index (χ2v) is 6.08. The van der Waals surface area contributed by atoms with Crippen LogP contribution in [0.1, 0.15) is 19.3 Å².